The summed E-state index contributed by atoms with van der Waals surface area (Å²) in [6, 6.07) is 18.1. The molecule has 0 spiro atoms. The zero-order chi connectivity index (χ0) is 14.0. The van der Waals surface area contributed by atoms with E-state index < -0.39 is 5.60 Å². The number of fused-ring (bicyclic) bond motifs is 2. The molecule has 0 unspecified atom stereocenters. The van der Waals surface area contributed by atoms with Gasteiger partial charge in [-0.25, -0.2) is 0 Å². The van der Waals surface area contributed by atoms with Crippen LogP contribution in [-0.4, -0.2) is 5.11 Å². The summed E-state index contributed by atoms with van der Waals surface area (Å²) in [5.41, 5.74) is 2.88. The highest BCUT2D eigenvalue weighted by molar-refractivity contribution is 5.46. The average molecular weight is 263 g/mol. The average Bonchev–Trinajstić information content (AvgIpc) is 2.47. The van der Waals surface area contributed by atoms with Crippen LogP contribution >= 0.6 is 0 Å². The minimum absolute atomic E-state index is 0.0844. The van der Waals surface area contributed by atoms with Crippen molar-refractivity contribution in [3.63, 3.8) is 0 Å². The number of rotatable bonds is 1. The lowest BCUT2D eigenvalue weighted by atomic mass is 9.76. The molecule has 0 radical (unpaired) electrons. The smallest absolute Gasteiger partial charge is 0.128 e. The van der Waals surface area contributed by atoms with Crippen LogP contribution in [0.1, 0.15) is 35.1 Å². The highest BCUT2D eigenvalue weighted by Gasteiger charge is 2.35. The van der Waals surface area contributed by atoms with E-state index in [4.69, 9.17) is 0 Å². The van der Waals surface area contributed by atoms with E-state index >= 15 is 0 Å². The van der Waals surface area contributed by atoms with E-state index in [0.29, 0.717) is 0 Å². The first kappa shape index (κ1) is 12.9. The minimum atomic E-state index is -1.19. The molecule has 1 aliphatic carbocycles. The zero-order valence-electron chi connectivity index (χ0n) is 11.3. The number of hydrogen-bond acceptors (Lipinski definition) is 2. The van der Waals surface area contributed by atoms with Gasteiger partial charge in [0.05, 0.1) is 12.5 Å². The number of aryl methyl sites for hydroxylation is 2. The number of benzene rings is 2. The summed E-state index contributed by atoms with van der Waals surface area (Å²) < 4.78 is 0. The van der Waals surface area contributed by atoms with Gasteiger partial charge in [0.1, 0.15) is 5.60 Å². The monoisotopic (exact) mass is 263 g/mol. The Labute approximate surface area is 119 Å². The Kier molecular flexibility index (Phi) is 3.30. The van der Waals surface area contributed by atoms with Crippen LogP contribution in [0.3, 0.4) is 0 Å². The van der Waals surface area contributed by atoms with Crippen molar-refractivity contribution in [2.75, 3.05) is 0 Å². The van der Waals surface area contributed by atoms with Crippen LogP contribution in [0.25, 0.3) is 0 Å². The lowest BCUT2D eigenvalue weighted by Crippen LogP contribution is -2.30. The summed E-state index contributed by atoms with van der Waals surface area (Å²) in [7, 11) is 0. The van der Waals surface area contributed by atoms with E-state index in [1.807, 2.05) is 36.4 Å². The SMILES string of the molecule is N#CCC1(O)c2ccccc2CCCc2ccccc21. The fourth-order valence-electron chi connectivity index (χ4n) is 3.20. The van der Waals surface area contributed by atoms with Crippen LogP contribution in [0.5, 0.6) is 0 Å². The molecule has 0 heterocycles. The van der Waals surface area contributed by atoms with Gasteiger partial charge in [-0.2, -0.15) is 5.26 Å². The molecule has 2 heteroatoms. The van der Waals surface area contributed by atoms with Crippen molar-refractivity contribution < 1.29 is 5.11 Å². The van der Waals surface area contributed by atoms with Crippen LogP contribution in [0.15, 0.2) is 48.5 Å². The third-order valence-corrected chi connectivity index (χ3v) is 4.15. The number of nitrogens with zero attached hydrogens (tertiary/aromatic N) is 1. The molecule has 3 rings (SSSR count). The Morgan fingerprint density at radius 2 is 1.45 bits per heavy atom. The highest BCUT2D eigenvalue weighted by Crippen LogP contribution is 2.39. The molecule has 0 amide bonds. The molecule has 0 saturated heterocycles. The van der Waals surface area contributed by atoms with E-state index in [-0.39, 0.29) is 6.42 Å². The van der Waals surface area contributed by atoms with Gasteiger partial charge < -0.3 is 5.11 Å². The Morgan fingerprint density at radius 1 is 0.950 bits per heavy atom. The second-order valence-electron chi connectivity index (χ2n) is 5.36. The van der Waals surface area contributed by atoms with E-state index in [2.05, 4.69) is 18.2 Å². The number of nitriles is 1. The molecule has 2 nitrogen and oxygen atoms in total. The molecular weight excluding hydrogens is 246 g/mol. The van der Waals surface area contributed by atoms with E-state index in [1.54, 1.807) is 0 Å². The van der Waals surface area contributed by atoms with Gasteiger partial charge in [-0.1, -0.05) is 48.5 Å². The van der Waals surface area contributed by atoms with Gasteiger partial charge in [0.15, 0.2) is 0 Å². The van der Waals surface area contributed by atoms with Crippen molar-refractivity contribution in [2.24, 2.45) is 0 Å². The van der Waals surface area contributed by atoms with Gasteiger partial charge in [0, 0.05) is 0 Å². The largest absolute Gasteiger partial charge is 0.379 e. The maximum absolute atomic E-state index is 11.3. The van der Waals surface area contributed by atoms with E-state index in [0.717, 1.165) is 41.5 Å². The first-order valence-electron chi connectivity index (χ1n) is 7.02. The van der Waals surface area contributed by atoms with E-state index in [9.17, 15) is 10.4 Å². The summed E-state index contributed by atoms with van der Waals surface area (Å²) in [5, 5.41) is 20.4. The molecule has 0 saturated carbocycles. The molecule has 2 aromatic rings. The van der Waals surface area contributed by atoms with Crippen molar-refractivity contribution in [1.29, 1.82) is 5.26 Å². The topological polar surface area (TPSA) is 44.0 Å². The van der Waals surface area contributed by atoms with Gasteiger partial charge in [-0.3, -0.25) is 0 Å². The highest BCUT2D eigenvalue weighted by atomic mass is 16.3. The van der Waals surface area contributed by atoms with Crippen molar-refractivity contribution in [3.05, 3.63) is 70.8 Å². The Morgan fingerprint density at radius 3 is 1.95 bits per heavy atom. The minimum Gasteiger partial charge on any atom is -0.379 e. The van der Waals surface area contributed by atoms with Crippen LogP contribution in [-0.2, 0) is 18.4 Å². The summed E-state index contributed by atoms with van der Waals surface area (Å²) >= 11 is 0. The maximum Gasteiger partial charge on any atom is 0.128 e. The Bertz CT molecular complexity index is 622. The van der Waals surface area contributed by atoms with Gasteiger partial charge in [-0.15, -0.1) is 0 Å². The molecule has 0 atom stereocenters. The summed E-state index contributed by atoms with van der Waals surface area (Å²) in [5.74, 6) is 0. The fourth-order valence-corrected chi connectivity index (χ4v) is 3.20. The second-order valence-corrected chi connectivity index (χ2v) is 5.36. The molecule has 100 valence electrons. The van der Waals surface area contributed by atoms with Gasteiger partial charge in [0.25, 0.3) is 0 Å². The van der Waals surface area contributed by atoms with Crippen molar-refractivity contribution in [3.8, 4) is 6.07 Å². The third-order valence-electron chi connectivity index (χ3n) is 4.15. The zero-order valence-corrected chi connectivity index (χ0v) is 11.3. The first-order chi connectivity index (χ1) is 9.75. The predicted molar refractivity (Wildman–Crippen MR) is 78.1 cm³/mol. The predicted octanol–water partition coefficient (Wildman–Crippen LogP) is 3.32. The molecule has 20 heavy (non-hydrogen) atoms. The number of aliphatic hydroxyl groups is 1. The van der Waals surface area contributed by atoms with Crippen molar-refractivity contribution >= 4 is 0 Å². The molecule has 1 N–H and O–H groups in total. The van der Waals surface area contributed by atoms with Gasteiger partial charge in [0.2, 0.25) is 0 Å². The van der Waals surface area contributed by atoms with Crippen LogP contribution < -0.4 is 0 Å². The van der Waals surface area contributed by atoms with E-state index in [1.165, 1.54) is 0 Å². The molecular formula is C18H17NO. The van der Waals surface area contributed by atoms with Gasteiger partial charge >= 0.3 is 0 Å². The van der Waals surface area contributed by atoms with Gasteiger partial charge in [-0.05, 0) is 41.5 Å². The lowest BCUT2D eigenvalue weighted by Gasteiger charge is -2.32. The lowest BCUT2D eigenvalue weighted by molar-refractivity contribution is 0.0833. The Hall–Kier alpha value is -2.11. The molecule has 0 bridgehead atoms. The quantitative estimate of drug-likeness (QED) is 0.857. The second kappa shape index (κ2) is 5.11. The number of hydrogen-bond donors (Lipinski definition) is 1. The molecule has 0 aromatic heterocycles. The summed E-state index contributed by atoms with van der Waals surface area (Å²) in [6.45, 7) is 0. The Balaban J connectivity index is 2.27. The standard InChI is InChI=1S/C18H17NO/c19-13-12-18(20)16-10-3-1-6-14(16)8-5-9-15-7-2-4-11-17(15)18/h1-4,6-7,10-11,20H,5,8-9,12H2. The normalized spacial score (nSPS) is 16.2. The maximum atomic E-state index is 11.3. The third kappa shape index (κ3) is 2.01. The summed E-state index contributed by atoms with van der Waals surface area (Å²) in [6.07, 6.45) is 3.04. The van der Waals surface area contributed by atoms with Crippen LogP contribution in [0, 0.1) is 11.3 Å². The summed E-state index contributed by atoms with van der Waals surface area (Å²) in [4.78, 5) is 0. The van der Waals surface area contributed by atoms with Crippen LogP contribution in [0.2, 0.25) is 0 Å². The molecule has 0 fully saturated rings. The fraction of sp³-hybridized carbons (Fsp3) is 0.278. The molecule has 1 aliphatic rings. The molecule has 2 aromatic carbocycles. The van der Waals surface area contributed by atoms with Crippen molar-refractivity contribution in [2.45, 2.75) is 31.3 Å². The van der Waals surface area contributed by atoms with Crippen LogP contribution in [0.4, 0.5) is 0 Å². The van der Waals surface area contributed by atoms with Crippen molar-refractivity contribution in [1.82, 2.24) is 0 Å². The first-order valence-corrected chi connectivity index (χ1v) is 7.02. The molecule has 0 aliphatic heterocycles.